The Morgan fingerprint density at radius 3 is 2.57 bits per heavy atom. The van der Waals surface area contributed by atoms with E-state index in [2.05, 4.69) is 5.32 Å². The molecule has 1 saturated heterocycles. The Kier molecular flexibility index (Phi) is 7.10. The number of amides is 3. The number of likely N-dealkylation sites (tertiary alicyclic amines) is 1. The quantitative estimate of drug-likeness (QED) is 0.769. The second-order valence-electron chi connectivity index (χ2n) is 7.65. The van der Waals surface area contributed by atoms with Gasteiger partial charge in [-0.05, 0) is 18.4 Å². The summed E-state index contributed by atoms with van der Waals surface area (Å²) in [4.78, 5) is 39.8. The van der Waals surface area contributed by atoms with Crippen molar-refractivity contribution >= 4 is 17.7 Å². The number of hydrogen-bond acceptors (Lipinski definition) is 3. The van der Waals surface area contributed by atoms with E-state index in [9.17, 15) is 23.2 Å². The van der Waals surface area contributed by atoms with Crippen LogP contribution in [-0.4, -0.2) is 53.7 Å². The monoisotopic (exact) mass is 395 g/mol. The number of rotatable bonds is 7. The van der Waals surface area contributed by atoms with E-state index >= 15 is 0 Å². The van der Waals surface area contributed by atoms with Crippen molar-refractivity contribution < 1.29 is 23.2 Å². The Bertz CT molecular complexity index is 752. The van der Waals surface area contributed by atoms with Crippen molar-refractivity contribution in [1.82, 2.24) is 15.1 Å². The normalized spacial score (nSPS) is 17.8. The zero-order valence-corrected chi connectivity index (χ0v) is 16.7. The highest BCUT2D eigenvalue weighted by Gasteiger charge is 2.34. The lowest BCUT2D eigenvalue weighted by atomic mass is 10.0. The van der Waals surface area contributed by atoms with E-state index < -0.39 is 23.7 Å². The van der Waals surface area contributed by atoms with Crippen LogP contribution in [0.2, 0.25) is 0 Å². The van der Waals surface area contributed by atoms with Gasteiger partial charge in [0.15, 0.2) is 11.6 Å². The Hall–Kier alpha value is -2.51. The third kappa shape index (κ3) is 5.05. The molecule has 1 heterocycles. The van der Waals surface area contributed by atoms with E-state index in [4.69, 9.17) is 0 Å². The van der Waals surface area contributed by atoms with Crippen molar-refractivity contribution in [2.45, 2.75) is 51.7 Å². The number of nitrogens with zero attached hydrogens (tertiary/aromatic N) is 2. The van der Waals surface area contributed by atoms with Crippen LogP contribution < -0.4 is 5.32 Å². The predicted octanol–water partition coefficient (Wildman–Crippen LogP) is 2.07. The zero-order valence-electron chi connectivity index (χ0n) is 16.7. The van der Waals surface area contributed by atoms with Gasteiger partial charge in [0.05, 0.1) is 0 Å². The van der Waals surface area contributed by atoms with Crippen LogP contribution in [0.4, 0.5) is 8.78 Å². The summed E-state index contributed by atoms with van der Waals surface area (Å²) in [5.74, 6) is -2.81. The van der Waals surface area contributed by atoms with E-state index in [0.29, 0.717) is 6.42 Å². The van der Waals surface area contributed by atoms with Crippen LogP contribution in [0.25, 0.3) is 0 Å². The third-order valence-corrected chi connectivity index (χ3v) is 4.94. The smallest absolute Gasteiger partial charge is 0.244 e. The lowest BCUT2D eigenvalue weighted by Crippen LogP contribution is -2.50. The summed E-state index contributed by atoms with van der Waals surface area (Å²) < 4.78 is 27.4. The van der Waals surface area contributed by atoms with Crippen LogP contribution in [0.1, 0.15) is 38.7 Å². The Morgan fingerprint density at radius 2 is 1.96 bits per heavy atom. The SMILES string of the molecule is CC(C)[C@H](NC(=O)C[C@@H]1CCC(=O)N1Cc1cccc(F)c1F)C(=O)N(C)C. The second-order valence-corrected chi connectivity index (χ2v) is 7.65. The number of carbonyl (C=O) groups excluding carboxylic acids is 3. The van der Waals surface area contributed by atoms with Crippen molar-refractivity contribution in [3.63, 3.8) is 0 Å². The maximum absolute atomic E-state index is 14.0. The number of likely N-dealkylation sites (N-methyl/N-ethyl adjacent to an activating group) is 1. The van der Waals surface area contributed by atoms with Gasteiger partial charge in [-0.1, -0.05) is 26.0 Å². The second kappa shape index (κ2) is 9.12. The fourth-order valence-corrected chi connectivity index (χ4v) is 3.31. The maximum Gasteiger partial charge on any atom is 0.244 e. The number of halogens is 2. The van der Waals surface area contributed by atoms with Crippen LogP contribution in [-0.2, 0) is 20.9 Å². The van der Waals surface area contributed by atoms with Gasteiger partial charge in [0.1, 0.15) is 6.04 Å². The molecule has 6 nitrogen and oxygen atoms in total. The van der Waals surface area contributed by atoms with E-state index in [1.54, 1.807) is 14.1 Å². The van der Waals surface area contributed by atoms with Gasteiger partial charge >= 0.3 is 0 Å². The first-order chi connectivity index (χ1) is 13.1. The molecule has 3 amide bonds. The van der Waals surface area contributed by atoms with E-state index in [1.807, 2.05) is 13.8 Å². The maximum atomic E-state index is 14.0. The number of carbonyl (C=O) groups is 3. The van der Waals surface area contributed by atoms with Gasteiger partial charge in [0.2, 0.25) is 17.7 Å². The van der Waals surface area contributed by atoms with Gasteiger partial charge in [0, 0.05) is 45.1 Å². The van der Waals surface area contributed by atoms with E-state index in [1.165, 1.54) is 21.9 Å². The summed E-state index contributed by atoms with van der Waals surface area (Å²) in [7, 11) is 3.24. The Morgan fingerprint density at radius 1 is 1.29 bits per heavy atom. The highest BCUT2D eigenvalue weighted by atomic mass is 19.2. The van der Waals surface area contributed by atoms with Crippen molar-refractivity contribution in [2.24, 2.45) is 5.92 Å². The minimum absolute atomic E-state index is 0.00655. The summed E-state index contributed by atoms with van der Waals surface area (Å²) in [6, 6.07) is 2.75. The first kappa shape index (κ1) is 21.8. The number of hydrogen-bond donors (Lipinski definition) is 1. The summed E-state index contributed by atoms with van der Waals surface area (Å²) >= 11 is 0. The van der Waals surface area contributed by atoms with Crippen LogP contribution in [0.3, 0.4) is 0 Å². The van der Waals surface area contributed by atoms with Crippen molar-refractivity contribution in [1.29, 1.82) is 0 Å². The summed E-state index contributed by atoms with van der Waals surface area (Å²) in [5.41, 5.74) is 0.0727. The van der Waals surface area contributed by atoms with Crippen LogP contribution in [0.5, 0.6) is 0 Å². The molecule has 2 atom stereocenters. The van der Waals surface area contributed by atoms with Crippen LogP contribution in [0, 0.1) is 17.6 Å². The van der Waals surface area contributed by atoms with Crippen molar-refractivity contribution in [3.05, 3.63) is 35.4 Å². The van der Waals surface area contributed by atoms with Crippen LogP contribution >= 0.6 is 0 Å². The molecule has 154 valence electrons. The lowest BCUT2D eigenvalue weighted by molar-refractivity contribution is -0.136. The number of nitrogens with one attached hydrogen (secondary N) is 1. The molecule has 0 aromatic heterocycles. The average molecular weight is 395 g/mol. The molecule has 1 aliphatic rings. The fraction of sp³-hybridized carbons (Fsp3) is 0.550. The summed E-state index contributed by atoms with van der Waals surface area (Å²) in [5, 5.41) is 2.74. The molecule has 1 fully saturated rings. The molecule has 2 rings (SSSR count). The third-order valence-electron chi connectivity index (χ3n) is 4.94. The van der Waals surface area contributed by atoms with E-state index in [0.717, 1.165) is 6.07 Å². The molecule has 0 aliphatic carbocycles. The average Bonchev–Trinajstić information content (AvgIpc) is 2.95. The Labute approximate surface area is 163 Å². The molecule has 8 heteroatoms. The molecule has 0 saturated carbocycles. The molecule has 0 unspecified atom stereocenters. The highest BCUT2D eigenvalue weighted by Crippen LogP contribution is 2.25. The van der Waals surface area contributed by atoms with Gasteiger partial charge in [-0.25, -0.2) is 8.78 Å². The summed E-state index contributed by atoms with van der Waals surface area (Å²) in [6.07, 6.45) is 0.711. The fourth-order valence-electron chi connectivity index (χ4n) is 3.31. The van der Waals surface area contributed by atoms with Crippen molar-refractivity contribution in [3.8, 4) is 0 Å². The zero-order chi connectivity index (χ0) is 21.0. The van der Waals surface area contributed by atoms with Crippen LogP contribution in [0.15, 0.2) is 18.2 Å². The first-order valence-corrected chi connectivity index (χ1v) is 9.34. The van der Waals surface area contributed by atoms with Gasteiger partial charge in [-0.2, -0.15) is 0 Å². The molecule has 0 radical (unpaired) electrons. The predicted molar refractivity (Wildman–Crippen MR) is 100 cm³/mol. The highest BCUT2D eigenvalue weighted by molar-refractivity contribution is 5.88. The van der Waals surface area contributed by atoms with Gasteiger partial charge in [-0.3, -0.25) is 14.4 Å². The molecule has 0 spiro atoms. The number of benzene rings is 1. The lowest BCUT2D eigenvalue weighted by Gasteiger charge is -2.28. The van der Waals surface area contributed by atoms with Gasteiger partial charge in [-0.15, -0.1) is 0 Å². The van der Waals surface area contributed by atoms with Gasteiger partial charge in [0.25, 0.3) is 0 Å². The standard InChI is InChI=1S/C20H27F2N3O3/c1-12(2)19(20(28)24(3)4)23-16(26)10-14-8-9-17(27)25(14)11-13-6-5-7-15(21)18(13)22/h5-7,12,14,19H,8-11H2,1-4H3,(H,23,26)/t14-,19-/m0/s1. The molecule has 0 bridgehead atoms. The molecular formula is C20H27F2N3O3. The van der Waals surface area contributed by atoms with Gasteiger partial charge < -0.3 is 15.1 Å². The topological polar surface area (TPSA) is 69.7 Å². The molecule has 28 heavy (non-hydrogen) atoms. The minimum atomic E-state index is -0.984. The molecule has 1 aromatic rings. The Balaban J connectivity index is 2.07. The molecule has 1 aromatic carbocycles. The van der Waals surface area contributed by atoms with Crippen molar-refractivity contribution in [2.75, 3.05) is 14.1 Å². The molecular weight excluding hydrogens is 368 g/mol. The molecule has 1 aliphatic heterocycles. The summed E-state index contributed by atoms with van der Waals surface area (Å²) in [6.45, 7) is 3.58. The molecule has 1 N–H and O–H groups in total. The van der Waals surface area contributed by atoms with E-state index in [-0.39, 0.29) is 48.6 Å². The minimum Gasteiger partial charge on any atom is -0.347 e. The largest absolute Gasteiger partial charge is 0.347 e. The first-order valence-electron chi connectivity index (χ1n) is 9.34.